The fourth-order valence-corrected chi connectivity index (χ4v) is 7.64. The van der Waals surface area contributed by atoms with Crippen molar-refractivity contribution in [1.29, 1.82) is 0 Å². The summed E-state index contributed by atoms with van der Waals surface area (Å²) in [7, 11) is 0. The van der Waals surface area contributed by atoms with Gasteiger partial charge in [-0.1, -0.05) is 148 Å². The summed E-state index contributed by atoms with van der Waals surface area (Å²) >= 11 is 0. The van der Waals surface area contributed by atoms with Gasteiger partial charge in [0.2, 0.25) is 0 Å². The van der Waals surface area contributed by atoms with Crippen LogP contribution in [0.1, 0.15) is 37.5 Å². The number of hydrogen-bond donors (Lipinski definition) is 0. The molecular weight excluding hydrogens is 567 g/mol. The summed E-state index contributed by atoms with van der Waals surface area (Å²) in [5, 5.41) is 7.66. The van der Waals surface area contributed by atoms with Crippen LogP contribution >= 0.6 is 0 Å². The van der Waals surface area contributed by atoms with Crippen molar-refractivity contribution >= 4 is 49.3 Å². The summed E-state index contributed by atoms with van der Waals surface area (Å²) < 4.78 is 0. The number of allylic oxidation sites excluding steroid dienone is 4. The normalized spacial score (nSPS) is 13.7. The van der Waals surface area contributed by atoms with Crippen molar-refractivity contribution in [3.8, 4) is 11.1 Å². The lowest BCUT2D eigenvalue weighted by Gasteiger charge is -2.26. The third kappa shape index (κ3) is 4.70. The molecule has 0 heterocycles. The third-order valence-electron chi connectivity index (χ3n) is 9.86. The SMILES string of the molecule is C=C(/C=C(\C=C/C)c1ccccc1)N(c1ccccc1)c1ccc2c(ccc3ccc4c5c(ccc4c32)C(C)(C)c2ccccc2-5)c1. The van der Waals surface area contributed by atoms with E-state index < -0.39 is 0 Å². The average molecular weight is 604 g/mol. The van der Waals surface area contributed by atoms with E-state index in [4.69, 9.17) is 0 Å². The summed E-state index contributed by atoms with van der Waals surface area (Å²) in [5.74, 6) is 0. The molecule has 0 unspecified atom stereocenters. The first-order valence-electron chi connectivity index (χ1n) is 16.4. The molecule has 7 aromatic carbocycles. The Balaban J connectivity index is 1.31. The Morgan fingerprint density at radius 1 is 0.617 bits per heavy atom. The van der Waals surface area contributed by atoms with Gasteiger partial charge in [0, 0.05) is 22.5 Å². The topological polar surface area (TPSA) is 3.24 Å². The molecule has 8 rings (SSSR count). The van der Waals surface area contributed by atoms with Gasteiger partial charge >= 0.3 is 0 Å². The number of fused-ring (bicyclic) bond motifs is 9. The minimum absolute atomic E-state index is 0.0201. The fourth-order valence-electron chi connectivity index (χ4n) is 7.64. The minimum Gasteiger partial charge on any atom is -0.311 e. The van der Waals surface area contributed by atoms with Crippen LogP contribution in [0.2, 0.25) is 0 Å². The van der Waals surface area contributed by atoms with Crippen LogP contribution in [0.25, 0.3) is 49.0 Å². The number of anilines is 2. The van der Waals surface area contributed by atoms with Crippen molar-refractivity contribution in [2.45, 2.75) is 26.2 Å². The lowest BCUT2D eigenvalue weighted by Crippen LogP contribution is -2.14. The van der Waals surface area contributed by atoms with Gasteiger partial charge < -0.3 is 4.90 Å². The van der Waals surface area contributed by atoms with Gasteiger partial charge in [0.15, 0.2) is 0 Å². The summed E-state index contributed by atoms with van der Waals surface area (Å²) in [6, 6.07) is 50.7. The van der Waals surface area contributed by atoms with E-state index in [2.05, 4.69) is 190 Å². The molecule has 1 aliphatic rings. The first-order chi connectivity index (χ1) is 23.0. The Labute approximate surface area is 277 Å². The number of benzene rings is 7. The highest BCUT2D eigenvalue weighted by Gasteiger charge is 2.36. The van der Waals surface area contributed by atoms with Crippen molar-refractivity contribution in [2.24, 2.45) is 0 Å². The second-order valence-electron chi connectivity index (χ2n) is 13.0. The Bertz CT molecular complexity index is 2390. The smallest absolute Gasteiger partial charge is 0.0467 e. The van der Waals surface area contributed by atoms with Crippen LogP contribution in [-0.4, -0.2) is 0 Å². The van der Waals surface area contributed by atoms with E-state index in [1.54, 1.807) is 0 Å². The second kappa shape index (κ2) is 11.3. The summed E-state index contributed by atoms with van der Waals surface area (Å²) in [6.45, 7) is 11.4. The van der Waals surface area contributed by atoms with Crippen molar-refractivity contribution in [3.05, 3.63) is 187 Å². The largest absolute Gasteiger partial charge is 0.311 e. The van der Waals surface area contributed by atoms with Gasteiger partial charge in [-0.3, -0.25) is 0 Å². The molecular formula is C46H37N. The van der Waals surface area contributed by atoms with E-state index >= 15 is 0 Å². The highest BCUT2D eigenvalue weighted by Crippen LogP contribution is 2.52. The van der Waals surface area contributed by atoms with Crippen LogP contribution < -0.4 is 4.90 Å². The van der Waals surface area contributed by atoms with Crippen molar-refractivity contribution in [3.63, 3.8) is 0 Å². The standard InChI is InChI=1S/C46H37N/c1-5-14-34(32-15-8-6-9-16-32)29-31(2)47(36-17-10-7-11-18-36)37-24-26-38-35(30-37)22-21-33-23-25-40-39(44(33)38)27-28-43-45(40)41-19-12-13-20-42(41)46(43,3)4/h5-30H,2H2,1,3-4H3/b14-5-,34-29+. The predicted octanol–water partition coefficient (Wildman–Crippen LogP) is 12.8. The molecule has 0 spiro atoms. The third-order valence-corrected chi connectivity index (χ3v) is 9.86. The zero-order valence-electron chi connectivity index (χ0n) is 27.2. The molecule has 1 nitrogen and oxygen atoms in total. The maximum absolute atomic E-state index is 4.61. The van der Waals surface area contributed by atoms with Crippen molar-refractivity contribution in [1.82, 2.24) is 0 Å². The quantitative estimate of drug-likeness (QED) is 0.135. The Hall–Kier alpha value is -5.66. The van der Waals surface area contributed by atoms with Crippen LogP contribution in [0.3, 0.4) is 0 Å². The molecule has 0 aliphatic heterocycles. The maximum atomic E-state index is 4.61. The van der Waals surface area contributed by atoms with Gasteiger partial charge in [-0.25, -0.2) is 0 Å². The first kappa shape index (κ1) is 28.8. The van der Waals surface area contributed by atoms with Crippen LogP contribution in [0, 0.1) is 0 Å². The van der Waals surface area contributed by atoms with E-state index in [1.807, 2.05) is 0 Å². The zero-order valence-corrected chi connectivity index (χ0v) is 27.2. The fraction of sp³-hybridized carbons (Fsp3) is 0.0870. The summed E-state index contributed by atoms with van der Waals surface area (Å²) in [5.41, 5.74) is 10.9. The highest BCUT2D eigenvalue weighted by molar-refractivity contribution is 6.23. The lowest BCUT2D eigenvalue weighted by molar-refractivity contribution is 0.661. The minimum atomic E-state index is -0.0201. The van der Waals surface area contributed by atoms with Gasteiger partial charge in [0.25, 0.3) is 0 Å². The van der Waals surface area contributed by atoms with Crippen LogP contribution in [-0.2, 0) is 5.41 Å². The molecule has 47 heavy (non-hydrogen) atoms. The predicted molar refractivity (Wildman–Crippen MR) is 203 cm³/mol. The van der Waals surface area contributed by atoms with Crippen molar-refractivity contribution in [2.75, 3.05) is 4.90 Å². The van der Waals surface area contributed by atoms with Crippen LogP contribution in [0.15, 0.2) is 170 Å². The van der Waals surface area contributed by atoms with E-state index in [1.165, 1.54) is 54.6 Å². The number of rotatable bonds is 6. The lowest BCUT2D eigenvalue weighted by atomic mass is 9.82. The van der Waals surface area contributed by atoms with E-state index in [-0.39, 0.29) is 5.41 Å². The molecule has 0 saturated carbocycles. The van der Waals surface area contributed by atoms with Gasteiger partial charge in [-0.15, -0.1) is 0 Å². The molecule has 1 heteroatoms. The summed E-state index contributed by atoms with van der Waals surface area (Å²) in [6.07, 6.45) is 6.41. The number of para-hydroxylation sites is 1. The van der Waals surface area contributed by atoms with Gasteiger partial charge in [-0.2, -0.15) is 0 Å². The Kier molecular flexibility index (Phi) is 6.92. The molecule has 0 saturated heterocycles. The average Bonchev–Trinajstić information content (AvgIpc) is 3.35. The van der Waals surface area contributed by atoms with Crippen LogP contribution in [0.4, 0.5) is 11.4 Å². The van der Waals surface area contributed by atoms with Gasteiger partial charge in [-0.05, 0) is 103 Å². The zero-order chi connectivity index (χ0) is 32.1. The first-order valence-corrected chi connectivity index (χ1v) is 16.4. The molecule has 0 N–H and O–H groups in total. The monoisotopic (exact) mass is 603 g/mol. The molecule has 1 aliphatic carbocycles. The molecule has 0 amide bonds. The molecule has 0 bridgehead atoms. The highest BCUT2D eigenvalue weighted by atomic mass is 15.1. The van der Waals surface area contributed by atoms with E-state index in [9.17, 15) is 0 Å². The molecule has 226 valence electrons. The molecule has 0 aromatic heterocycles. The molecule has 0 fully saturated rings. The number of hydrogen-bond acceptors (Lipinski definition) is 1. The molecule has 7 aromatic rings. The van der Waals surface area contributed by atoms with Crippen molar-refractivity contribution < 1.29 is 0 Å². The molecule has 0 radical (unpaired) electrons. The van der Waals surface area contributed by atoms with Gasteiger partial charge in [0.1, 0.15) is 0 Å². The Morgan fingerprint density at radius 3 is 2.06 bits per heavy atom. The molecule has 0 atom stereocenters. The van der Waals surface area contributed by atoms with Gasteiger partial charge in [0.05, 0.1) is 0 Å². The van der Waals surface area contributed by atoms with Crippen LogP contribution in [0.5, 0.6) is 0 Å². The summed E-state index contributed by atoms with van der Waals surface area (Å²) in [4.78, 5) is 2.26. The van der Waals surface area contributed by atoms with E-state index in [0.717, 1.165) is 28.2 Å². The maximum Gasteiger partial charge on any atom is 0.0467 e. The second-order valence-corrected chi connectivity index (χ2v) is 13.0. The number of nitrogens with zero attached hydrogens (tertiary/aromatic N) is 1. The Morgan fingerprint density at radius 2 is 1.28 bits per heavy atom. The van der Waals surface area contributed by atoms with E-state index in [0.29, 0.717) is 0 Å².